The van der Waals surface area contributed by atoms with E-state index in [1.54, 1.807) is 0 Å². The fraction of sp³-hybridized carbons (Fsp3) is 0.889. The molecule has 0 radical (unpaired) electrons. The van der Waals surface area contributed by atoms with Gasteiger partial charge < -0.3 is 15.7 Å². The van der Waals surface area contributed by atoms with Gasteiger partial charge >= 0.3 is 0 Å². The predicted octanol–water partition coefficient (Wildman–Crippen LogP) is 1.47. The summed E-state index contributed by atoms with van der Waals surface area (Å²) >= 11 is 0. The molecule has 0 unspecified atom stereocenters. The average molecular weight is 186 g/mol. The summed E-state index contributed by atoms with van der Waals surface area (Å²) in [5, 5.41) is 11.2. The van der Waals surface area contributed by atoms with Crippen LogP contribution in [-0.4, -0.2) is 23.8 Å². The van der Waals surface area contributed by atoms with Crippen molar-refractivity contribution in [1.82, 2.24) is 0 Å². The number of nitrogens with two attached hydrogens (primary N) is 1. The molecule has 0 aromatic heterocycles. The SMILES string of the molecule is N/C(CCCOC1CCCC1)=N\O. The Hall–Kier alpha value is -0.770. The van der Waals surface area contributed by atoms with Crippen LogP contribution in [0.3, 0.4) is 0 Å². The Balaban J connectivity index is 1.94. The van der Waals surface area contributed by atoms with Crippen molar-refractivity contribution >= 4 is 5.84 Å². The molecule has 0 heterocycles. The first-order chi connectivity index (χ1) is 6.33. The van der Waals surface area contributed by atoms with Gasteiger partial charge in [-0.05, 0) is 19.3 Å². The van der Waals surface area contributed by atoms with Crippen LogP contribution in [0.4, 0.5) is 0 Å². The van der Waals surface area contributed by atoms with E-state index in [1.807, 2.05) is 0 Å². The van der Waals surface area contributed by atoms with Gasteiger partial charge in [-0.25, -0.2) is 0 Å². The van der Waals surface area contributed by atoms with Crippen LogP contribution in [0.1, 0.15) is 38.5 Å². The second-order valence-corrected chi connectivity index (χ2v) is 3.47. The summed E-state index contributed by atoms with van der Waals surface area (Å²) in [5.74, 6) is 0.287. The molecule has 1 aliphatic carbocycles. The van der Waals surface area contributed by atoms with Gasteiger partial charge in [0.1, 0.15) is 5.84 Å². The van der Waals surface area contributed by atoms with E-state index in [2.05, 4.69) is 5.16 Å². The van der Waals surface area contributed by atoms with Crippen LogP contribution in [0.25, 0.3) is 0 Å². The molecule has 1 fully saturated rings. The zero-order valence-electron chi connectivity index (χ0n) is 7.91. The van der Waals surface area contributed by atoms with Crippen LogP contribution in [0.2, 0.25) is 0 Å². The highest BCUT2D eigenvalue weighted by molar-refractivity contribution is 5.79. The van der Waals surface area contributed by atoms with Gasteiger partial charge in [-0.15, -0.1) is 0 Å². The van der Waals surface area contributed by atoms with Gasteiger partial charge in [0.05, 0.1) is 6.10 Å². The Kier molecular flexibility index (Phi) is 4.60. The quantitative estimate of drug-likeness (QED) is 0.224. The number of rotatable bonds is 5. The molecule has 4 heteroatoms. The fourth-order valence-corrected chi connectivity index (χ4v) is 1.61. The monoisotopic (exact) mass is 186 g/mol. The van der Waals surface area contributed by atoms with E-state index < -0.39 is 0 Å². The first-order valence-electron chi connectivity index (χ1n) is 4.91. The van der Waals surface area contributed by atoms with Gasteiger partial charge in [-0.3, -0.25) is 0 Å². The lowest BCUT2D eigenvalue weighted by atomic mass is 10.3. The van der Waals surface area contributed by atoms with Crippen molar-refractivity contribution in [1.29, 1.82) is 0 Å². The number of amidine groups is 1. The smallest absolute Gasteiger partial charge is 0.139 e. The second-order valence-electron chi connectivity index (χ2n) is 3.47. The summed E-state index contributed by atoms with van der Waals surface area (Å²) in [5.41, 5.74) is 5.31. The minimum atomic E-state index is 0.287. The molecule has 0 aromatic rings. The molecule has 0 amide bonds. The molecule has 0 atom stereocenters. The van der Waals surface area contributed by atoms with Gasteiger partial charge in [0, 0.05) is 13.0 Å². The molecule has 13 heavy (non-hydrogen) atoms. The van der Waals surface area contributed by atoms with E-state index >= 15 is 0 Å². The van der Waals surface area contributed by atoms with Crippen LogP contribution >= 0.6 is 0 Å². The largest absolute Gasteiger partial charge is 0.409 e. The number of ether oxygens (including phenoxy) is 1. The molecule has 1 aliphatic rings. The summed E-state index contributed by atoms with van der Waals surface area (Å²) < 4.78 is 5.61. The summed E-state index contributed by atoms with van der Waals surface area (Å²) in [6.45, 7) is 0.723. The Morgan fingerprint density at radius 2 is 2.15 bits per heavy atom. The molecule has 1 saturated carbocycles. The fourth-order valence-electron chi connectivity index (χ4n) is 1.61. The average Bonchev–Trinajstić information content (AvgIpc) is 2.64. The third kappa shape index (κ3) is 4.12. The van der Waals surface area contributed by atoms with Crippen LogP contribution in [0, 0.1) is 0 Å². The molecule has 0 bridgehead atoms. The van der Waals surface area contributed by atoms with Gasteiger partial charge in [-0.2, -0.15) is 0 Å². The van der Waals surface area contributed by atoms with Crippen molar-refractivity contribution in [2.45, 2.75) is 44.6 Å². The molecule has 0 aromatic carbocycles. The normalized spacial score (nSPS) is 19.5. The molecule has 0 spiro atoms. The summed E-state index contributed by atoms with van der Waals surface area (Å²) in [7, 11) is 0. The van der Waals surface area contributed by atoms with E-state index in [0.29, 0.717) is 12.5 Å². The molecule has 4 nitrogen and oxygen atoms in total. The maximum absolute atomic E-state index is 8.27. The first kappa shape index (κ1) is 10.3. The van der Waals surface area contributed by atoms with Crippen molar-refractivity contribution in [2.75, 3.05) is 6.61 Å². The molecule has 0 aliphatic heterocycles. The lowest BCUT2D eigenvalue weighted by Gasteiger charge is -2.09. The Bertz CT molecular complexity index is 165. The van der Waals surface area contributed by atoms with E-state index in [-0.39, 0.29) is 5.84 Å². The molecule has 0 saturated heterocycles. The minimum absolute atomic E-state index is 0.287. The summed E-state index contributed by atoms with van der Waals surface area (Å²) in [4.78, 5) is 0. The van der Waals surface area contributed by atoms with Crippen molar-refractivity contribution < 1.29 is 9.94 Å². The summed E-state index contributed by atoms with van der Waals surface area (Å²) in [6, 6.07) is 0. The number of hydrogen-bond acceptors (Lipinski definition) is 3. The highest BCUT2D eigenvalue weighted by Crippen LogP contribution is 2.20. The van der Waals surface area contributed by atoms with Gasteiger partial charge in [-0.1, -0.05) is 18.0 Å². The molecular formula is C9H18N2O2. The van der Waals surface area contributed by atoms with Crippen molar-refractivity contribution in [3.63, 3.8) is 0 Å². The Morgan fingerprint density at radius 1 is 1.46 bits per heavy atom. The zero-order chi connectivity index (χ0) is 9.52. The van der Waals surface area contributed by atoms with Crippen LogP contribution in [0.15, 0.2) is 5.16 Å². The van der Waals surface area contributed by atoms with E-state index in [1.165, 1.54) is 25.7 Å². The van der Waals surface area contributed by atoms with Crippen LogP contribution < -0.4 is 5.73 Å². The van der Waals surface area contributed by atoms with Gasteiger partial charge in [0.25, 0.3) is 0 Å². The highest BCUT2D eigenvalue weighted by atomic mass is 16.5. The van der Waals surface area contributed by atoms with E-state index in [4.69, 9.17) is 15.7 Å². The standard InChI is InChI=1S/C9H18N2O2/c10-9(11-12)6-3-7-13-8-4-1-2-5-8/h8,12H,1-7H2,(H2,10,11). The predicted molar refractivity (Wildman–Crippen MR) is 50.9 cm³/mol. The van der Waals surface area contributed by atoms with Crippen molar-refractivity contribution in [3.05, 3.63) is 0 Å². The number of hydrogen-bond donors (Lipinski definition) is 2. The zero-order valence-corrected chi connectivity index (χ0v) is 7.91. The molecule has 3 N–H and O–H groups in total. The Morgan fingerprint density at radius 3 is 2.77 bits per heavy atom. The van der Waals surface area contributed by atoms with Crippen molar-refractivity contribution in [3.8, 4) is 0 Å². The second kappa shape index (κ2) is 5.80. The van der Waals surface area contributed by atoms with E-state index in [9.17, 15) is 0 Å². The topological polar surface area (TPSA) is 67.8 Å². The molecule has 1 rings (SSSR count). The first-order valence-corrected chi connectivity index (χ1v) is 4.91. The maximum atomic E-state index is 8.27. The lowest BCUT2D eigenvalue weighted by Crippen LogP contribution is -2.14. The number of oxime groups is 1. The van der Waals surface area contributed by atoms with Crippen LogP contribution in [0.5, 0.6) is 0 Å². The number of nitrogens with zero attached hydrogens (tertiary/aromatic N) is 1. The van der Waals surface area contributed by atoms with Crippen LogP contribution in [-0.2, 0) is 4.74 Å². The molecular weight excluding hydrogens is 168 g/mol. The van der Waals surface area contributed by atoms with E-state index in [0.717, 1.165) is 13.0 Å². The van der Waals surface area contributed by atoms with Gasteiger partial charge in [0.2, 0.25) is 0 Å². The third-order valence-corrected chi connectivity index (χ3v) is 2.36. The lowest BCUT2D eigenvalue weighted by molar-refractivity contribution is 0.0576. The highest BCUT2D eigenvalue weighted by Gasteiger charge is 2.14. The van der Waals surface area contributed by atoms with Crippen molar-refractivity contribution in [2.24, 2.45) is 10.9 Å². The Labute approximate surface area is 78.7 Å². The maximum Gasteiger partial charge on any atom is 0.139 e. The van der Waals surface area contributed by atoms with Gasteiger partial charge in [0.15, 0.2) is 0 Å². The summed E-state index contributed by atoms with van der Waals surface area (Å²) in [6.07, 6.45) is 6.91. The minimum Gasteiger partial charge on any atom is -0.409 e. The molecule has 76 valence electrons. The third-order valence-electron chi connectivity index (χ3n) is 2.36.